The predicted octanol–water partition coefficient (Wildman–Crippen LogP) is -1.14. The first-order chi connectivity index (χ1) is 5.16. The lowest BCUT2D eigenvalue weighted by Crippen LogP contribution is -2.44. The summed E-state index contributed by atoms with van der Waals surface area (Å²) in [6.45, 7) is -0.272. The number of nitrogens with one attached hydrogen (secondary N) is 1. The zero-order chi connectivity index (χ0) is 8.43. The van der Waals surface area contributed by atoms with Crippen molar-refractivity contribution in [2.45, 2.75) is 6.23 Å². The van der Waals surface area contributed by atoms with E-state index in [0.29, 0.717) is 4.90 Å². The molecule has 1 aliphatic rings. The second-order valence-electron chi connectivity index (χ2n) is 1.84. The Kier molecular flexibility index (Phi) is 1.92. The van der Waals surface area contributed by atoms with Crippen LogP contribution in [0.15, 0.2) is 0 Å². The fourth-order valence-electron chi connectivity index (χ4n) is 0.684. The summed E-state index contributed by atoms with van der Waals surface area (Å²) in [5.41, 5.74) is 1.19. The van der Waals surface area contributed by atoms with E-state index in [1.807, 2.05) is 0 Å². The van der Waals surface area contributed by atoms with Crippen molar-refractivity contribution in [3.8, 4) is 0 Å². The number of hydrogen-bond donors (Lipinski definition) is 3. The van der Waals surface area contributed by atoms with Crippen molar-refractivity contribution in [3.63, 3.8) is 0 Å². The molecular weight excluding hydrogens is 156 g/mol. The Morgan fingerprint density at radius 1 is 1.82 bits per heavy atom. The summed E-state index contributed by atoms with van der Waals surface area (Å²) in [6.07, 6.45) is -2.31. The maximum atomic E-state index is 10.6. The number of carbonyl (C=O) groups is 2. The lowest BCUT2D eigenvalue weighted by Gasteiger charge is -2.12. The third-order valence-corrected chi connectivity index (χ3v) is 1.17. The van der Waals surface area contributed by atoms with Gasteiger partial charge in [0, 0.05) is 0 Å². The van der Waals surface area contributed by atoms with Crippen LogP contribution < -0.4 is 5.48 Å². The fourth-order valence-corrected chi connectivity index (χ4v) is 0.684. The molecule has 7 heteroatoms. The number of carbonyl (C=O) groups excluding carboxylic acids is 2. The van der Waals surface area contributed by atoms with Crippen LogP contribution in [0.2, 0.25) is 0 Å². The number of hydroxylamine groups is 1. The van der Waals surface area contributed by atoms with Gasteiger partial charge in [-0.2, -0.15) is 4.90 Å². The van der Waals surface area contributed by atoms with Crippen LogP contribution in [0.3, 0.4) is 0 Å². The normalized spacial score (nSPS) is 23.3. The quantitative estimate of drug-likeness (QED) is 0.308. The molecule has 0 bridgehead atoms. The van der Waals surface area contributed by atoms with Gasteiger partial charge in [0.25, 0.3) is 0 Å². The first-order valence-electron chi connectivity index (χ1n) is 2.75. The summed E-state index contributed by atoms with van der Waals surface area (Å²) in [5.74, 6) is 0. The molecule has 0 aromatic rings. The van der Waals surface area contributed by atoms with E-state index in [4.69, 9.17) is 10.3 Å². The number of aliphatic hydroxyl groups excluding tert-OH is 1. The smallest absolute Gasteiger partial charge is 0.420 e. The van der Waals surface area contributed by atoms with E-state index in [1.54, 1.807) is 0 Å². The van der Waals surface area contributed by atoms with Crippen LogP contribution in [0.1, 0.15) is 0 Å². The SMILES string of the molecule is O=C(NO)N1C(=O)OCC1O. The van der Waals surface area contributed by atoms with Gasteiger partial charge in [-0.05, 0) is 0 Å². The summed E-state index contributed by atoms with van der Waals surface area (Å²) in [4.78, 5) is 21.5. The number of ether oxygens (including phenoxy) is 1. The number of aliphatic hydroxyl groups is 1. The highest BCUT2D eigenvalue weighted by atomic mass is 16.6. The number of urea groups is 1. The van der Waals surface area contributed by atoms with Crippen LogP contribution in [0, 0.1) is 0 Å². The monoisotopic (exact) mass is 162 g/mol. The van der Waals surface area contributed by atoms with E-state index in [1.165, 1.54) is 5.48 Å². The number of cyclic esters (lactones) is 1. The Bertz CT molecular complexity index is 193. The Hall–Kier alpha value is -1.34. The molecule has 1 fully saturated rings. The highest BCUT2D eigenvalue weighted by molar-refractivity contribution is 5.91. The van der Waals surface area contributed by atoms with E-state index < -0.39 is 18.4 Å². The van der Waals surface area contributed by atoms with Gasteiger partial charge in [0.15, 0.2) is 6.23 Å². The topological polar surface area (TPSA) is 99.1 Å². The molecule has 3 N–H and O–H groups in total. The minimum atomic E-state index is -1.32. The second kappa shape index (κ2) is 2.72. The molecular formula is C4H6N2O5. The third-order valence-electron chi connectivity index (χ3n) is 1.17. The predicted molar refractivity (Wildman–Crippen MR) is 29.5 cm³/mol. The number of imide groups is 1. The molecule has 0 aromatic heterocycles. The molecule has 1 atom stereocenters. The van der Waals surface area contributed by atoms with E-state index in [2.05, 4.69) is 4.74 Å². The Balaban J connectivity index is 2.68. The molecule has 1 rings (SSSR count). The van der Waals surface area contributed by atoms with Crippen molar-refractivity contribution in [2.24, 2.45) is 0 Å². The minimum absolute atomic E-state index is 0.272. The van der Waals surface area contributed by atoms with Crippen molar-refractivity contribution < 1.29 is 24.6 Å². The van der Waals surface area contributed by atoms with Crippen LogP contribution in [0.5, 0.6) is 0 Å². The standard InChI is InChI=1S/C4H6N2O5/c7-2-1-11-4(9)6(2)3(8)5-10/h2,7,10H,1H2,(H,5,8). The van der Waals surface area contributed by atoms with Gasteiger partial charge >= 0.3 is 12.1 Å². The summed E-state index contributed by atoms with van der Waals surface area (Å²) >= 11 is 0. The van der Waals surface area contributed by atoms with Gasteiger partial charge in [0.2, 0.25) is 0 Å². The summed E-state index contributed by atoms with van der Waals surface area (Å²) in [6, 6.07) is -1.11. The molecule has 0 radical (unpaired) electrons. The molecule has 3 amide bonds. The minimum Gasteiger partial charge on any atom is -0.444 e. The number of rotatable bonds is 0. The molecule has 1 heterocycles. The van der Waals surface area contributed by atoms with Crippen LogP contribution in [-0.4, -0.2) is 40.2 Å². The van der Waals surface area contributed by atoms with Crippen LogP contribution in [0.4, 0.5) is 9.59 Å². The molecule has 0 spiro atoms. The molecule has 7 nitrogen and oxygen atoms in total. The zero-order valence-corrected chi connectivity index (χ0v) is 5.35. The van der Waals surface area contributed by atoms with Gasteiger partial charge in [-0.3, -0.25) is 5.21 Å². The van der Waals surface area contributed by atoms with E-state index >= 15 is 0 Å². The maximum Gasteiger partial charge on any atom is 0.420 e. The molecule has 11 heavy (non-hydrogen) atoms. The average Bonchev–Trinajstić information content (AvgIpc) is 2.30. The average molecular weight is 162 g/mol. The first-order valence-corrected chi connectivity index (χ1v) is 2.75. The van der Waals surface area contributed by atoms with Gasteiger partial charge in [-0.1, -0.05) is 0 Å². The van der Waals surface area contributed by atoms with E-state index in [9.17, 15) is 9.59 Å². The number of hydrogen-bond acceptors (Lipinski definition) is 5. The van der Waals surface area contributed by atoms with Crippen molar-refractivity contribution in [1.29, 1.82) is 0 Å². The van der Waals surface area contributed by atoms with Crippen LogP contribution in [0.25, 0.3) is 0 Å². The number of nitrogens with zero attached hydrogens (tertiary/aromatic N) is 1. The van der Waals surface area contributed by atoms with Gasteiger partial charge in [-0.25, -0.2) is 15.1 Å². The molecule has 62 valence electrons. The Labute approximate surface area is 61.1 Å². The van der Waals surface area contributed by atoms with Gasteiger partial charge in [0.05, 0.1) is 0 Å². The van der Waals surface area contributed by atoms with Gasteiger partial charge in [-0.15, -0.1) is 0 Å². The molecule has 1 unspecified atom stereocenters. The van der Waals surface area contributed by atoms with Gasteiger partial charge in [0.1, 0.15) is 6.61 Å². The molecule has 1 aliphatic heterocycles. The van der Waals surface area contributed by atoms with Crippen molar-refractivity contribution in [1.82, 2.24) is 10.4 Å². The van der Waals surface area contributed by atoms with Crippen LogP contribution >= 0.6 is 0 Å². The lowest BCUT2D eigenvalue weighted by atomic mass is 10.6. The second-order valence-corrected chi connectivity index (χ2v) is 1.84. The molecule has 0 aromatic carbocycles. The lowest BCUT2D eigenvalue weighted by molar-refractivity contribution is 0.0595. The van der Waals surface area contributed by atoms with E-state index in [0.717, 1.165) is 0 Å². The van der Waals surface area contributed by atoms with Crippen molar-refractivity contribution in [2.75, 3.05) is 6.61 Å². The number of amides is 3. The first kappa shape index (κ1) is 7.76. The van der Waals surface area contributed by atoms with E-state index in [-0.39, 0.29) is 6.61 Å². The molecule has 0 aliphatic carbocycles. The van der Waals surface area contributed by atoms with Crippen molar-refractivity contribution >= 4 is 12.1 Å². The van der Waals surface area contributed by atoms with Gasteiger partial charge < -0.3 is 9.84 Å². The highest BCUT2D eigenvalue weighted by Gasteiger charge is 2.36. The highest BCUT2D eigenvalue weighted by Crippen LogP contribution is 2.08. The summed E-state index contributed by atoms with van der Waals surface area (Å²) < 4.78 is 4.27. The fraction of sp³-hybridized carbons (Fsp3) is 0.500. The summed E-state index contributed by atoms with van der Waals surface area (Å²) in [7, 11) is 0. The molecule has 1 saturated heterocycles. The third kappa shape index (κ3) is 1.23. The zero-order valence-electron chi connectivity index (χ0n) is 5.35. The largest absolute Gasteiger partial charge is 0.444 e. The maximum absolute atomic E-state index is 10.6. The Morgan fingerprint density at radius 2 is 2.45 bits per heavy atom. The van der Waals surface area contributed by atoms with Crippen LogP contribution in [-0.2, 0) is 4.74 Å². The van der Waals surface area contributed by atoms with Crippen molar-refractivity contribution in [3.05, 3.63) is 0 Å². The Morgan fingerprint density at radius 3 is 2.82 bits per heavy atom. The summed E-state index contributed by atoms with van der Waals surface area (Å²) in [5, 5.41) is 16.9. The molecule has 0 saturated carbocycles.